The van der Waals surface area contributed by atoms with Gasteiger partial charge in [0.1, 0.15) is 5.84 Å². The van der Waals surface area contributed by atoms with Crippen molar-refractivity contribution < 1.29 is 8.42 Å². The molecule has 98 valence electrons. The molecule has 18 heavy (non-hydrogen) atoms. The maximum Gasteiger partial charge on any atom is 0.299 e. The van der Waals surface area contributed by atoms with Crippen molar-refractivity contribution >= 4 is 21.7 Å². The third kappa shape index (κ3) is 3.21. The van der Waals surface area contributed by atoms with Crippen LogP contribution in [0.5, 0.6) is 0 Å². The lowest BCUT2D eigenvalue weighted by atomic mass is 10.1. The lowest BCUT2D eigenvalue weighted by molar-refractivity contribution is 0.586. The van der Waals surface area contributed by atoms with E-state index < -0.39 is 10.2 Å². The summed E-state index contributed by atoms with van der Waals surface area (Å²) in [6, 6.07) is 5.03. The molecule has 1 saturated carbocycles. The molecule has 0 aromatic heterocycles. The average Bonchev–Trinajstić information content (AvgIpc) is 3.03. The zero-order valence-corrected chi connectivity index (χ0v) is 10.8. The van der Waals surface area contributed by atoms with Gasteiger partial charge in [0.25, 0.3) is 10.2 Å². The van der Waals surface area contributed by atoms with Crippen molar-refractivity contribution in [1.82, 2.24) is 4.72 Å². The van der Waals surface area contributed by atoms with Gasteiger partial charge in [-0.3, -0.25) is 10.1 Å². The summed E-state index contributed by atoms with van der Waals surface area (Å²) in [7, 11) is -3.55. The number of nitrogens with two attached hydrogens (primary N) is 1. The zero-order chi connectivity index (χ0) is 13.3. The molecule has 0 atom stereocenters. The van der Waals surface area contributed by atoms with Crippen LogP contribution in [-0.4, -0.2) is 20.3 Å². The maximum absolute atomic E-state index is 11.8. The highest BCUT2D eigenvalue weighted by atomic mass is 32.2. The van der Waals surface area contributed by atoms with Crippen molar-refractivity contribution in [2.24, 2.45) is 5.73 Å². The Morgan fingerprint density at radius 2 is 2.11 bits per heavy atom. The van der Waals surface area contributed by atoms with Gasteiger partial charge in [-0.2, -0.15) is 13.1 Å². The molecule has 6 nitrogen and oxygen atoms in total. The third-order valence-corrected chi connectivity index (χ3v) is 3.82. The zero-order valence-electron chi connectivity index (χ0n) is 10.0. The van der Waals surface area contributed by atoms with Gasteiger partial charge in [-0.1, -0.05) is 12.1 Å². The number of nitrogens with one attached hydrogen (secondary N) is 3. The van der Waals surface area contributed by atoms with E-state index in [1.165, 1.54) is 0 Å². The molecule has 1 aliphatic rings. The van der Waals surface area contributed by atoms with Crippen molar-refractivity contribution in [2.45, 2.75) is 25.8 Å². The van der Waals surface area contributed by atoms with Gasteiger partial charge in [0.15, 0.2) is 0 Å². The first-order valence-electron chi connectivity index (χ1n) is 5.62. The van der Waals surface area contributed by atoms with E-state index in [4.69, 9.17) is 11.1 Å². The Morgan fingerprint density at radius 1 is 1.44 bits per heavy atom. The minimum Gasteiger partial charge on any atom is -0.384 e. The number of hydrogen-bond acceptors (Lipinski definition) is 3. The smallest absolute Gasteiger partial charge is 0.299 e. The van der Waals surface area contributed by atoms with E-state index in [2.05, 4.69) is 9.44 Å². The van der Waals surface area contributed by atoms with Crippen LogP contribution in [-0.2, 0) is 10.2 Å². The summed E-state index contributed by atoms with van der Waals surface area (Å²) in [5, 5.41) is 7.34. The summed E-state index contributed by atoms with van der Waals surface area (Å²) < 4.78 is 28.5. The van der Waals surface area contributed by atoms with Gasteiger partial charge < -0.3 is 5.73 Å². The fraction of sp³-hybridized carbons (Fsp3) is 0.364. The van der Waals surface area contributed by atoms with Gasteiger partial charge in [-0.15, -0.1) is 0 Å². The van der Waals surface area contributed by atoms with Gasteiger partial charge >= 0.3 is 0 Å². The molecule has 1 aromatic rings. The molecule has 5 N–H and O–H groups in total. The molecular weight excluding hydrogens is 252 g/mol. The van der Waals surface area contributed by atoms with Crippen LogP contribution in [0.15, 0.2) is 18.2 Å². The number of benzene rings is 1. The highest BCUT2D eigenvalue weighted by molar-refractivity contribution is 7.90. The van der Waals surface area contributed by atoms with Crippen molar-refractivity contribution in [1.29, 1.82) is 5.41 Å². The Labute approximate surface area is 106 Å². The summed E-state index contributed by atoms with van der Waals surface area (Å²) in [5.41, 5.74) is 7.09. The summed E-state index contributed by atoms with van der Waals surface area (Å²) in [5.74, 6) is -0.0920. The Balaban J connectivity index is 2.21. The number of aryl methyl sites for hydroxylation is 1. The quantitative estimate of drug-likeness (QED) is 0.466. The van der Waals surface area contributed by atoms with Crippen molar-refractivity contribution in [3.05, 3.63) is 29.3 Å². The largest absolute Gasteiger partial charge is 0.384 e. The van der Waals surface area contributed by atoms with Crippen LogP contribution in [0.3, 0.4) is 0 Å². The van der Waals surface area contributed by atoms with Crippen molar-refractivity contribution in [3.63, 3.8) is 0 Å². The number of hydrogen-bond donors (Lipinski definition) is 4. The molecule has 7 heteroatoms. The molecule has 1 fully saturated rings. The molecule has 0 saturated heterocycles. The maximum atomic E-state index is 11.8. The topological polar surface area (TPSA) is 108 Å². The Bertz CT molecular complexity index is 579. The molecule has 0 unspecified atom stereocenters. The second-order valence-corrected chi connectivity index (χ2v) is 5.89. The van der Waals surface area contributed by atoms with E-state index >= 15 is 0 Å². The first kappa shape index (κ1) is 12.8. The van der Waals surface area contributed by atoms with Crippen LogP contribution in [0.2, 0.25) is 0 Å². The Morgan fingerprint density at radius 3 is 2.67 bits per heavy atom. The molecule has 0 radical (unpaired) electrons. The van der Waals surface area contributed by atoms with Gasteiger partial charge in [0, 0.05) is 11.6 Å². The standard InChI is InChI=1S/C11H16N4O2S/c1-7-2-3-8(11(12)13)6-10(7)15-18(16,17)14-9-4-5-9/h2-3,6,9,14-15H,4-5H2,1H3,(H3,12,13). The first-order valence-corrected chi connectivity index (χ1v) is 7.11. The monoisotopic (exact) mass is 268 g/mol. The summed E-state index contributed by atoms with van der Waals surface area (Å²) >= 11 is 0. The number of anilines is 1. The van der Waals surface area contributed by atoms with Gasteiger partial charge in [0.2, 0.25) is 0 Å². The number of amidine groups is 1. The fourth-order valence-corrected chi connectivity index (χ4v) is 2.74. The van der Waals surface area contributed by atoms with Gasteiger partial charge in [-0.25, -0.2) is 0 Å². The van der Waals surface area contributed by atoms with Crippen LogP contribution in [0.1, 0.15) is 24.0 Å². The van der Waals surface area contributed by atoms with E-state index in [9.17, 15) is 8.42 Å². The highest BCUT2D eigenvalue weighted by Crippen LogP contribution is 2.22. The minimum absolute atomic E-state index is 0.0544. The van der Waals surface area contributed by atoms with E-state index in [1.807, 2.05) is 0 Å². The second-order valence-electron chi connectivity index (χ2n) is 4.44. The molecule has 1 aromatic carbocycles. The predicted octanol–water partition coefficient (Wildman–Crippen LogP) is 0.688. The SMILES string of the molecule is Cc1ccc(C(=N)N)cc1NS(=O)(=O)NC1CC1. The average molecular weight is 268 g/mol. The molecule has 0 spiro atoms. The summed E-state index contributed by atoms with van der Waals surface area (Å²) in [6.07, 6.45) is 1.76. The van der Waals surface area contributed by atoms with E-state index in [0.717, 1.165) is 18.4 Å². The molecule has 1 aliphatic carbocycles. The first-order chi connectivity index (χ1) is 8.37. The summed E-state index contributed by atoms with van der Waals surface area (Å²) in [6.45, 7) is 1.79. The molecular formula is C11H16N4O2S. The van der Waals surface area contributed by atoms with Crippen LogP contribution < -0.4 is 15.2 Å². The number of nitrogen functional groups attached to an aromatic ring is 1. The Hall–Kier alpha value is -1.60. The van der Waals surface area contributed by atoms with Crippen molar-refractivity contribution in [3.8, 4) is 0 Å². The molecule has 2 rings (SSSR count). The third-order valence-electron chi connectivity index (χ3n) is 2.69. The van der Waals surface area contributed by atoms with Gasteiger partial charge in [-0.05, 0) is 31.4 Å². The van der Waals surface area contributed by atoms with Crippen LogP contribution in [0.4, 0.5) is 5.69 Å². The number of rotatable bonds is 5. The Kier molecular flexibility index (Phi) is 3.27. The van der Waals surface area contributed by atoms with E-state index in [1.54, 1.807) is 25.1 Å². The molecule has 0 amide bonds. The van der Waals surface area contributed by atoms with Crippen LogP contribution >= 0.6 is 0 Å². The van der Waals surface area contributed by atoms with Gasteiger partial charge in [0.05, 0.1) is 5.69 Å². The van der Waals surface area contributed by atoms with E-state index in [-0.39, 0.29) is 11.9 Å². The lowest BCUT2D eigenvalue weighted by Crippen LogP contribution is -2.32. The molecule has 0 aliphatic heterocycles. The molecule has 0 heterocycles. The minimum atomic E-state index is -3.55. The highest BCUT2D eigenvalue weighted by Gasteiger charge is 2.27. The van der Waals surface area contributed by atoms with Crippen LogP contribution in [0.25, 0.3) is 0 Å². The lowest BCUT2D eigenvalue weighted by Gasteiger charge is -2.12. The molecule has 0 bridgehead atoms. The second kappa shape index (κ2) is 4.58. The van der Waals surface area contributed by atoms with Crippen molar-refractivity contribution in [2.75, 3.05) is 4.72 Å². The van der Waals surface area contributed by atoms with E-state index in [0.29, 0.717) is 11.3 Å². The fourth-order valence-electron chi connectivity index (χ4n) is 1.49. The normalized spacial score (nSPS) is 15.4. The summed E-state index contributed by atoms with van der Waals surface area (Å²) in [4.78, 5) is 0. The predicted molar refractivity (Wildman–Crippen MR) is 70.9 cm³/mol. The van der Waals surface area contributed by atoms with Crippen LogP contribution in [0, 0.1) is 12.3 Å².